The van der Waals surface area contributed by atoms with Crippen LogP contribution in [0.3, 0.4) is 0 Å². The minimum Gasteiger partial charge on any atom is -0.325 e. The van der Waals surface area contributed by atoms with Gasteiger partial charge in [0.1, 0.15) is 5.15 Å². The van der Waals surface area contributed by atoms with Crippen molar-refractivity contribution in [1.82, 2.24) is 4.98 Å². The van der Waals surface area contributed by atoms with Crippen LogP contribution in [-0.4, -0.2) is 4.98 Å². The molecule has 0 bridgehead atoms. The van der Waals surface area contributed by atoms with Crippen LogP contribution in [0.1, 0.15) is 5.69 Å². The van der Waals surface area contributed by atoms with E-state index >= 15 is 0 Å². The Morgan fingerprint density at radius 3 is 2.80 bits per heavy atom. The van der Waals surface area contributed by atoms with Gasteiger partial charge in [-0.2, -0.15) is 0 Å². The molecule has 1 rings (SSSR count). The zero-order chi connectivity index (χ0) is 7.56. The molecule has 0 aromatic carbocycles. The summed E-state index contributed by atoms with van der Waals surface area (Å²) in [6.45, 7) is 0.404. The molecule has 0 atom stereocenters. The van der Waals surface area contributed by atoms with Crippen molar-refractivity contribution in [3.63, 3.8) is 0 Å². The minimum atomic E-state index is 0.404. The molecular formula is C6H6BrClN2. The van der Waals surface area contributed by atoms with E-state index in [1.165, 1.54) is 0 Å². The molecule has 2 N–H and O–H groups in total. The van der Waals surface area contributed by atoms with E-state index in [2.05, 4.69) is 20.9 Å². The van der Waals surface area contributed by atoms with Crippen molar-refractivity contribution in [2.45, 2.75) is 6.54 Å². The number of halogens is 2. The van der Waals surface area contributed by atoms with Crippen LogP contribution in [0, 0.1) is 0 Å². The molecule has 0 amide bonds. The van der Waals surface area contributed by atoms with Crippen LogP contribution < -0.4 is 5.73 Å². The van der Waals surface area contributed by atoms with Gasteiger partial charge in [0.25, 0.3) is 0 Å². The quantitative estimate of drug-likeness (QED) is 0.736. The van der Waals surface area contributed by atoms with Crippen LogP contribution in [0.15, 0.2) is 16.6 Å². The lowest BCUT2D eigenvalue weighted by Crippen LogP contribution is -2.00. The summed E-state index contributed by atoms with van der Waals surface area (Å²) in [5.74, 6) is 0. The highest BCUT2D eigenvalue weighted by Crippen LogP contribution is 2.16. The van der Waals surface area contributed by atoms with Crippen LogP contribution in [0.5, 0.6) is 0 Å². The molecular weight excluding hydrogens is 215 g/mol. The van der Waals surface area contributed by atoms with Crippen LogP contribution in [0.4, 0.5) is 0 Å². The second-order valence-corrected chi connectivity index (χ2v) is 3.01. The third-order valence-electron chi connectivity index (χ3n) is 1.08. The van der Waals surface area contributed by atoms with Crippen molar-refractivity contribution >= 4 is 27.5 Å². The molecule has 0 aliphatic rings. The van der Waals surface area contributed by atoms with Crippen LogP contribution in [0.2, 0.25) is 5.15 Å². The number of hydrogen-bond donors (Lipinski definition) is 1. The average Bonchev–Trinajstić information content (AvgIpc) is 1.94. The first-order valence-electron chi connectivity index (χ1n) is 2.75. The topological polar surface area (TPSA) is 38.9 Å². The lowest BCUT2D eigenvalue weighted by Gasteiger charge is -1.98. The fourth-order valence-electron chi connectivity index (χ4n) is 0.601. The molecule has 0 unspecified atom stereocenters. The van der Waals surface area contributed by atoms with Crippen molar-refractivity contribution in [1.29, 1.82) is 0 Å². The molecule has 0 spiro atoms. The van der Waals surface area contributed by atoms with Crippen LogP contribution >= 0.6 is 27.5 Å². The summed E-state index contributed by atoms with van der Waals surface area (Å²) in [5.41, 5.74) is 6.15. The molecule has 1 heterocycles. The Kier molecular flexibility index (Phi) is 2.65. The summed E-state index contributed by atoms with van der Waals surface area (Å²) in [6.07, 6.45) is 0. The van der Waals surface area contributed by atoms with E-state index in [1.807, 2.05) is 6.07 Å². The summed E-state index contributed by atoms with van der Waals surface area (Å²) < 4.78 is 0.902. The predicted octanol–water partition coefficient (Wildman–Crippen LogP) is 1.96. The zero-order valence-corrected chi connectivity index (χ0v) is 7.48. The second kappa shape index (κ2) is 3.32. The fraction of sp³-hybridized carbons (Fsp3) is 0.167. The van der Waals surface area contributed by atoms with Gasteiger partial charge in [0, 0.05) is 11.0 Å². The van der Waals surface area contributed by atoms with E-state index < -0.39 is 0 Å². The highest BCUT2D eigenvalue weighted by Gasteiger charge is 1.98. The molecule has 0 aliphatic carbocycles. The molecule has 2 nitrogen and oxygen atoms in total. The Hall–Kier alpha value is -0.120. The van der Waals surface area contributed by atoms with Gasteiger partial charge in [0.05, 0.1) is 5.69 Å². The number of rotatable bonds is 1. The normalized spacial score (nSPS) is 9.90. The summed E-state index contributed by atoms with van der Waals surface area (Å²) in [5, 5.41) is 0.476. The molecule has 0 aliphatic heterocycles. The van der Waals surface area contributed by atoms with Gasteiger partial charge in [-0.1, -0.05) is 11.6 Å². The molecule has 0 saturated carbocycles. The standard InChI is InChI=1S/C6H6BrClN2/c7-4-1-2-6(8)10-5(4)3-9/h1-2H,3,9H2. The Labute approximate surface area is 72.5 Å². The first-order valence-corrected chi connectivity index (χ1v) is 3.92. The Bertz CT molecular complexity index is 239. The number of aromatic nitrogens is 1. The lowest BCUT2D eigenvalue weighted by molar-refractivity contribution is 0.980. The molecule has 54 valence electrons. The maximum Gasteiger partial charge on any atom is 0.129 e. The Morgan fingerprint density at radius 1 is 1.60 bits per heavy atom. The van der Waals surface area contributed by atoms with Crippen molar-refractivity contribution in [2.75, 3.05) is 0 Å². The second-order valence-electron chi connectivity index (χ2n) is 1.77. The largest absolute Gasteiger partial charge is 0.325 e. The zero-order valence-electron chi connectivity index (χ0n) is 5.14. The van der Waals surface area contributed by atoms with Crippen LogP contribution in [-0.2, 0) is 6.54 Å². The number of nitrogens with two attached hydrogens (primary N) is 1. The van der Waals surface area contributed by atoms with Crippen LogP contribution in [0.25, 0.3) is 0 Å². The molecule has 0 fully saturated rings. The van der Waals surface area contributed by atoms with Gasteiger partial charge < -0.3 is 5.73 Å². The highest BCUT2D eigenvalue weighted by atomic mass is 79.9. The van der Waals surface area contributed by atoms with E-state index in [-0.39, 0.29) is 0 Å². The van der Waals surface area contributed by atoms with Gasteiger partial charge in [-0.15, -0.1) is 0 Å². The number of hydrogen-bond acceptors (Lipinski definition) is 2. The number of pyridine rings is 1. The molecule has 1 aromatic rings. The number of nitrogens with zero attached hydrogens (tertiary/aromatic N) is 1. The van der Waals surface area contributed by atoms with E-state index in [0.717, 1.165) is 10.2 Å². The Morgan fingerprint density at radius 2 is 2.30 bits per heavy atom. The van der Waals surface area contributed by atoms with Crippen molar-refractivity contribution in [3.8, 4) is 0 Å². The third-order valence-corrected chi connectivity index (χ3v) is 2.01. The van der Waals surface area contributed by atoms with Gasteiger partial charge in [0.2, 0.25) is 0 Å². The predicted molar refractivity (Wildman–Crippen MR) is 44.8 cm³/mol. The van der Waals surface area contributed by atoms with E-state index in [9.17, 15) is 0 Å². The fourth-order valence-corrected chi connectivity index (χ4v) is 1.15. The Balaban J connectivity index is 3.09. The van der Waals surface area contributed by atoms with Crippen molar-refractivity contribution in [3.05, 3.63) is 27.5 Å². The first kappa shape index (κ1) is 7.98. The highest BCUT2D eigenvalue weighted by molar-refractivity contribution is 9.10. The van der Waals surface area contributed by atoms with Gasteiger partial charge in [-0.3, -0.25) is 0 Å². The molecule has 0 radical (unpaired) electrons. The lowest BCUT2D eigenvalue weighted by atomic mass is 10.4. The maximum atomic E-state index is 5.61. The first-order chi connectivity index (χ1) is 4.74. The van der Waals surface area contributed by atoms with E-state index in [4.69, 9.17) is 17.3 Å². The molecule has 10 heavy (non-hydrogen) atoms. The monoisotopic (exact) mass is 220 g/mol. The van der Waals surface area contributed by atoms with Crippen molar-refractivity contribution < 1.29 is 0 Å². The molecule has 4 heteroatoms. The SMILES string of the molecule is NCc1nc(Cl)ccc1Br. The van der Waals surface area contributed by atoms with E-state index in [1.54, 1.807) is 6.07 Å². The molecule has 1 aromatic heterocycles. The van der Waals surface area contributed by atoms with Gasteiger partial charge in [0.15, 0.2) is 0 Å². The third kappa shape index (κ3) is 1.68. The van der Waals surface area contributed by atoms with Crippen molar-refractivity contribution in [2.24, 2.45) is 5.73 Å². The molecule has 0 saturated heterocycles. The van der Waals surface area contributed by atoms with Gasteiger partial charge >= 0.3 is 0 Å². The maximum absolute atomic E-state index is 5.61. The van der Waals surface area contributed by atoms with Gasteiger partial charge in [-0.25, -0.2) is 4.98 Å². The summed E-state index contributed by atoms with van der Waals surface area (Å²) in [7, 11) is 0. The summed E-state index contributed by atoms with van der Waals surface area (Å²) >= 11 is 8.90. The summed E-state index contributed by atoms with van der Waals surface area (Å²) in [4.78, 5) is 3.98. The van der Waals surface area contributed by atoms with Gasteiger partial charge in [-0.05, 0) is 28.1 Å². The van der Waals surface area contributed by atoms with E-state index in [0.29, 0.717) is 11.7 Å². The average molecular weight is 221 g/mol. The summed E-state index contributed by atoms with van der Waals surface area (Å²) in [6, 6.07) is 3.54. The minimum absolute atomic E-state index is 0.404. The smallest absolute Gasteiger partial charge is 0.129 e.